The van der Waals surface area contributed by atoms with Crippen LogP contribution in [0.25, 0.3) is 0 Å². The first-order chi connectivity index (χ1) is 10.0. The molecule has 0 aliphatic heterocycles. The van der Waals surface area contributed by atoms with Gasteiger partial charge in [-0.25, -0.2) is 0 Å². The molecule has 1 aromatic heterocycles. The van der Waals surface area contributed by atoms with E-state index < -0.39 is 4.92 Å². The summed E-state index contributed by atoms with van der Waals surface area (Å²) in [7, 11) is 1.34. The van der Waals surface area contributed by atoms with E-state index in [2.05, 4.69) is 21.2 Å². The van der Waals surface area contributed by atoms with Crippen molar-refractivity contribution in [1.82, 2.24) is 5.32 Å². The molecule has 2 rings (SSSR count). The number of rotatable bonds is 5. The van der Waals surface area contributed by atoms with E-state index in [1.165, 1.54) is 36.6 Å². The van der Waals surface area contributed by atoms with Gasteiger partial charge in [-0.05, 0) is 39.5 Å². The van der Waals surface area contributed by atoms with Gasteiger partial charge in [0.25, 0.3) is 5.91 Å². The molecule has 1 aromatic carbocycles. The number of thiophene rings is 1. The Bertz CT molecular complexity index is 687. The smallest absolute Gasteiger partial charge is 0.311 e. The van der Waals surface area contributed by atoms with Crippen molar-refractivity contribution in [3.05, 3.63) is 54.7 Å². The Hall–Kier alpha value is -1.93. The van der Waals surface area contributed by atoms with Crippen LogP contribution in [-0.2, 0) is 6.54 Å². The van der Waals surface area contributed by atoms with Crippen LogP contribution >= 0.6 is 27.3 Å². The van der Waals surface area contributed by atoms with Gasteiger partial charge in [-0.15, -0.1) is 11.3 Å². The van der Waals surface area contributed by atoms with Crippen LogP contribution in [0.4, 0.5) is 5.69 Å². The van der Waals surface area contributed by atoms with E-state index in [4.69, 9.17) is 4.74 Å². The van der Waals surface area contributed by atoms with Gasteiger partial charge in [-0.2, -0.15) is 0 Å². The lowest BCUT2D eigenvalue weighted by Gasteiger charge is -2.06. The number of benzene rings is 1. The molecule has 2 aromatic rings. The predicted octanol–water partition coefficient (Wildman–Crippen LogP) is 3.36. The van der Waals surface area contributed by atoms with E-state index in [-0.39, 0.29) is 22.9 Å². The number of amides is 1. The van der Waals surface area contributed by atoms with Gasteiger partial charge < -0.3 is 10.1 Å². The normalized spacial score (nSPS) is 10.2. The van der Waals surface area contributed by atoms with Crippen molar-refractivity contribution in [3.63, 3.8) is 0 Å². The topological polar surface area (TPSA) is 81.5 Å². The molecule has 1 amide bonds. The molecule has 0 fully saturated rings. The van der Waals surface area contributed by atoms with Gasteiger partial charge in [0, 0.05) is 21.0 Å². The first kappa shape index (κ1) is 15.5. The first-order valence-corrected chi connectivity index (χ1v) is 7.52. The van der Waals surface area contributed by atoms with Crippen molar-refractivity contribution < 1.29 is 14.5 Å². The minimum Gasteiger partial charge on any atom is -0.490 e. The molecular formula is C13H11BrN2O4S. The summed E-state index contributed by atoms with van der Waals surface area (Å²) in [5, 5.41) is 15.6. The quantitative estimate of drug-likeness (QED) is 0.646. The van der Waals surface area contributed by atoms with E-state index in [0.29, 0.717) is 6.54 Å². The predicted molar refractivity (Wildman–Crippen MR) is 82.8 cm³/mol. The minimum atomic E-state index is -0.578. The fourth-order valence-electron chi connectivity index (χ4n) is 1.69. The SMILES string of the molecule is COc1ccc(C(=O)NCc2sccc2Br)cc1[N+](=O)[O-]. The van der Waals surface area contributed by atoms with Crippen molar-refractivity contribution in [2.75, 3.05) is 7.11 Å². The van der Waals surface area contributed by atoms with Gasteiger partial charge in [0.15, 0.2) is 5.75 Å². The van der Waals surface area contributed by atoms with Crippen LogP contribution in [0.1, 0.15) is 15.2 Å². The molecule has 0 aliphatic carbocycles. The summed E-state index contributed by atoms with van der Waals surface area (Å²) in [6.07, 6.45) is 0. The molecule has 6 nitrogen and oxygen atoms in total. The number of hydrogen-bond donors (Lipinski definition) is 1. The molecule has 21 heavy (non-hydrogen) atoms. The van der Waals surface area contributed by atoms with Crippen LogP contribution in [0, 0.1) is 10.1 Å². The average molecular weight is 371 g/mol. The third kappa shape index (κ3) is 3.59. The van der Waals surface area contributed by atoms with Crippen LogP contribution in [0.3, 0.4) is 0 Å². The van der Waals surface area contributed by atoms with Crippen molar-refractivity contribution in [1.29, 1.82) is 0 Å². The van der Waals surface area contributed by atoms with E-state index in [0.717, 1.165) is 9.35 Å². The molecule has 0 unspecified atom stereocenters. The largest absolute Gasteiger partial charge is 0.490 e. The van der Waals surface area contributed by atoms with Crippen LogP contribution in [0.5, 0.6) is 5.75 Å². The molecule has 0 atom stereocenters. The number of hydrogen-bond acceptors (Lipinski definition) is 5. The van der Waals surface area contributed by atoms with E-state index >= 15 is 0 Å². The van der Waals surface area contributed by atoms with Crippen LogP contribution in [-0.4, -0.2) is 17.9 Å². The number of nitrogens with one attached hydrogen (secondary N) is 1. The van der Waals surface area contributed by atoms with Gasteiger partial charge in [0.2, 0.25) is 0 Å². The number of carbonyl (C=O) groups excluding carboxylic acids is 1. The highest BCUT2D eigenvalue weighted by Gasteiger charge is 2.18. The number of nitro benzene ring substituents is 1. The minimum absolute atomic E-state index is 0.123. The van der Waals surface area contributed by atoms with E-state index in [1.54, 1.807) is 0 Å². The standard InChI is InChI=1S/C13H11BrN2O4S/c1-20-11-3-2-8(6-10(11)16(18)19)13(17)15-7-12-9(14)4-5-21-12/h2-6H,7H2,1H3,(H,15,17). The molecule has 0 bridgehead atoms. The number of ether oxygens (including phenoxy) is 1. The van der Waals surface area contributed by atoms with Crippen LogP contribution in [0.15, 0.2) is 34.1 Å². The van der Waals surface area contributed by atoms with Crippen molar-refractivity contribution >= 4 is 38.9 Å². The molecule has 0 saturated heterocycles. The Balaban J connectivity index is 2.14. The molecule has 0 saturated carbocycles. The summed E-state index contributed by atoms with van der Waals surface area (Å²) in [5.74, 6) is -0.251. The fraction of sp³-hybridized carbons (Fsp3) is 0.154. The number of nitrogens with zero attached hydrogens (tertiary/aromatic N) is 1. The van der Waals surface area contributed by atoms with Gasteiger partial charge >= 0.3 is 5.69 Å². The lowest BCUT2D eigenvalue weighted by Crippen LogP contribution is -2.22. The van der Waals surface area contributed by atoms with Crippen molar-refractivity contribution in [3.8, 4) is 5.75 Å². The second kappa shape index (κ2) is 6.68. The number of carbonyl (C=O) groups is 1. The highest BCUT2D eigenvalue weighted by atomic mass is 79.9. The lowest BCUT2D eigenvalue weighted by molar-refractivity contribution is -0.385. The second-order valence-corrected chi connectivity index (χ2v) is 5.87. The number of nitro groups is 1. The summed E-state index contributed by atoms with van der Waals surface area (Å²) < 4.78 is 5.82. The highest BCUT2D eigenvalue weighted by molar-refractivity contribution is 9.10. The van der Waals surface area contributed by atoms with Gasteiger partial charge in [0.1, 0.15) is 0 Å². The maximum absolute atomic E-state index is 12.0. The summed E-state index contributed by atoms with van der Waals surface area (Å²) in [6, 6.07) is 6.00. The summed E-state index contributed by atoms with van der Waals surface area (Å²) in [6.45, 7) is 0.358. The Morgan fingerprint density at radius 1 is 1.48 bits per heavy atom. The third-order valence-corrected chi connectivity index (χ3v) is 4.66. The van der Waals surface area contributed by atoms with Gasteiger partial charge in [0.05, 0.1) is 18.6 Å². The average Bonchev–Trinajstić information content (AvgIpc) is 2.89. The maximum atomic E-state index is 12.0. The van der Waals surface area contributed by atoms with Crippen molar-refractivity contribution in [2.45, 2.75) is 6.54 Å². The second-order valence-electron chi connectivity index (χ2n) is 4.02. The highest BCUT2D eigenvalue weighted by Crippen LogP contribution is 2.27. The molecule has 0 spiro atoms. The maximum Gasteiger partial charge on any atom is 0.311 e. The lowest BCUT2D eigenvalue weighted by atomic mass is 10.1. The molecule has 0 radical (unpaired) electrons. The fourth-order valence-corrected chi connectivity index (χ4v) is 3.12. The van der Waals surface area contributed by atoms with Gasteiger partial charge in [-0.1, -0.05) is 0 Å². The van der Waals surface area contributed by atoms with Gasteiger partial charge in [-0.3, -0.25) is 14.9 Å². The zero-order chi connectivity index (χ0) is 15.4. The molecular weight excluding hydrogens is 360 g/mol. The zero-order valence-corrected chi connectivity index (χ0v) is 13.4. The monoisotopic (exact) mass is 370 g/mol. The van der Waals surface area contributed by atoms with Crippen LogP contribution in [0.2, 0.25) is 0 Å². The Kier molecular flexibility index (Phi) is 4.92. The van der Waals surface area contributed by atoms with Crippen molar-refractivity contribution in [2.24, 2.45) is 0 Å². The Labute approximate surface area is 133 Å². The third-order valence-electron chi connectivity index (χ3n) is 2.74. The number of methoxy groups -OCH3 is 1. The molecule has 8 heteroatoms. The Morgan fingerprint density at radius 3 is 2.81 bits per heavy atom. The summed E-state index contributed by atoms with van der Waals surface area (Å²) >= 11 is 4.89. The summed E-state index contributed by atoms with van der Waals surface area (Å²) in [5.41, 5.74) is -0.0161. The molecule has 1 N–H and O–H groups in total. The van der Waals surface area contributed by atoms with E-state index in [9.17, 15) is 14.9 Å². The molecule has 0 aliphatic rings. The van der Waals surface area contributed by atoms with Crippen LogP contribution < -0.4 is 10.1 Å². The molecule has 1 heterocycles. The Morgan fingerprint density at radius 2 is 2.24 bits per heavy atom. The summed E-state index contributed by atoms with van der Waals surface area (Å²) in [4.78, 5) is 23.4. The number of halogens is 1. The zero-order valence-electron chi connectivity index (χ0n) is 11.0. The van der Waals surface area contributed by atoms with E-state index in [1.807, 2.05) is 11.4 Å². The molecule has 110 valence electrons. The first-order valence-electron chi connectivity index (χ1n) is 5.85.